The Labute approximate surface area is 145 Å². The van der Waals surface area contributed by atoms with Crippen molar-refractivity contribution in [3.05, 3.63) is 63.9 Å². The number of nitrogens with zero attached hydrogens (tertiary/aromatic N) is 2. The first-order valence-electron chi connectivity index (χ1n) is 6.74. The number of ether oxygens (including phenoxy) is 1. The topological polar surface area (TPSA) is 35.0 Å². The third-order valence-corrected chi connectivity index (χ3v) is 3.71. The van der Waals surface area contributed by atoms with Crippen molar-refractivity contribution in [2.45, 2.75) is 12.8 Å². The second-order valence-electron chi connectivity index (χ2n) is 4.90. The van der Waals surface area contributed by atoms with Gasteiger partial charge in [-0.3, -0.25) is 0 Å². The van der Waals surface area contributed by atoms with Crippen molar-refractivity contribution in [3.8, 4) is 5.88 Å². The van der Waals surface area contributed by atoms with Gasteiger partial charge in [0.25, 0.3) is 0 Å². The maximum Gasteiger partial charge on any atom is 0.417 e. The minimum Gasteiger partial charge on any atom is -0.471 e. The molecule has 0 aliphatic carbocycles. The lowest BCUT2D eigenvalue weighted by Gasteiger charge is -2.14. The molecule has 1 aromatic carbocycles. The van der Waals surface area contributed by atoms with Crippen molar-refractivity contribution in [2.24, 2.45) is 0 Å². The Balaban J connectivity index is 2.06. The van der Waals surface area contributed by atoms with Crippen LogP contribution < -0.4 is 4.74 Å². The van der Waals surface area contributed by atoms with E-state index in [0.29, 0.717) is 0 Å². The van der Waals surface area contributed by atoms with E-state index in [1.165, 1.54) is 18.3 Å². The third kappa shape index (κ3) is 3.55. The number of hydrogen-bond donors (Lipinski definition) is 0. The summed E-state index contributed by atoms with van der Waals surface area (Å²) >= 11 is 11.8. The van der Waals surface area contributed by atoms with Crippen LogP contribution in [0, 0.1) is 0 Å². The molecule has 0 amide bonds. The molecule has 3 rings (SSSR count). The van der Waals surface area contributed by atoms with Crippen LogP contribution in [0.3, 0.4) is 0 Å². The van der Waals surface area contributed by atoms with Crippen LogP contribution in [0.1, 0.15) is 11.3 Å². The van der Waals surface area contributed by atoms with Gasteiger partial charge in [-0.15, -0.1) is 0 Å². The molecule has 0 unspecified atom stereocenters. The SMILES string of the molecule is FC(F)(F)c1cc(COc2ccccn2)nc2cc(Cl)cc(Cl)c12. The fraction of sp³-hybridized carbons (Fsp3) is 0.125. The smallest absolute Gasteiger partial charge is 0.417 e. The fourth-order valence-electron chi connectivity index (χ4n) is 2.22. The molecule has 0 aliphatic rings. The van der Waals surface area contributed by atoms with E-state index in [1.54, 1.807) is 18.2 Å². The summed E-state index contributed by atoms with van der Waals surface area (Å²) in [5.74, 6) is 0.289. The summed E-state index contributed by atoms with van der Waals surface area (Å²) in [6.45, 7) is -0.167. The van der Waals surface area contributed by atoms with Gasteiger partial charge < -0.3 is 4.74 Å². The van der Waals surface area contributed by atoms with Crippen molar-refractivity contribution in [1.29, 1.82) is 0 Å². The molecule has 0 aliphatic heterocycles. The zero-order valence-electron chi connectivity index (χ0n) is 11.9. The molecule has 24 heavy (non-hydrogen) atoms. The molecule has 2 aromatic heterocycles. The Morgan fingerprint density at radius 1 is 1.08 bits per heavy atom. The summed E-state index contributed by atoms with van der Waals surface area (Å²) in [5.41, 5.74) is -0.727. The molecular weight excluding hydrogens is 364 g/mol. The quantitative estimate of drug-likeness (QED) is 0.605. The fourth-order valence-corrected chi connectivity index (χ4v) is 2.80. The first-order chi connectivity index (χ1) is 11.3. The highest BCUT2D eigenvalue weighted by Gasteiger charge is 2.34. The molecule has 0 N–H and O–H groups in total. The molecule has 0 spiro atoms. The van der Waals surface area contributed by atoms with E-state index in [9.17, 15) is 13.2 Å². The van der Waals surface area contributed by atoms with Gasteiger partial charge in [0, 0.05) is 22.7 Å². The van der Waals surface area contributed by atoms with Crippen LogP contribution in [-0.4, -0.2) is 9.97 Å². The molecule has 124 valence electrons. The number of fused-ring (bicyclic) bond motifs is 1. The average molecular weight is 373 g/mol. The Hall–Kier alpha value is -2.05. The lowest BCUT2D eigenvalue weighted by molar-refractivity contribution is -0.136. The summed E-state index contributed by atoms with van der Waals surface area (Å²) in [6.07, 6.45) is -3.07. The summed E-state index contributed by atoms with van der Waals surface area (Å²) in [6, 6.07) is 8.52. The number of hydrogen-bond acceptors (Lipinski definition) is 3. The maximum atomic E-state index is 13.4. The summed E-state index contributed by atoms with van der Waals surface area (Å²) in [5, 5.41) is -0.0828. The van der Waals surface area contributed by atoms with Crippen molar-refractivity contribution in [3.63, 3.8) is 0 Å². The van der Waals surface area contributed by atoms with Crippen LogP contribution in [0.15, 0.2) is 42.6 Å². The zero-order valence-corrected chi connectivity index (χ0v) is 13.5. The maximum absolute atomic E-state index is 13.4. The van der Waals surface area contributed by atoms with Gasteiger partial charge in [-0.25, -0.2) is 9.97 Å². The standard InChI is InChI=1S/C16H9Cl2F3N2O/c17-9-5-12(18)15-11(16(19,20)21)7-10(23-13(15)6-9)8-24-14-3-1-2-4-22-14/h1-7H,8H2. The van der Waals surface area contributed by atoms with Gasteiger partial charge >= 0.3 is 6.18 Å². The Morgan fingerprint density at radius 2 is 1.88 bits per heavy atom. The molecule has 0 radical (unpaired) electrons. The van der Waals surface area contributed by atoms with Gasteiger partial charge in [0.1, 0.15) is 6.61 Å². The molecule has 0 fully saturated rings. The summed E-state index contributed by atoms with van der Waals surface area (Å²) < 4.78 is 45.5. The number of rotatable bonds is 3. The highest BCUT2D eigenvalue weighted by Crippen LogP contribution is 2.39. The average Bonchev–Trinajstić information content (AvgIpc) is 2.52. The monoisotopic (exact) mass is 372 g/mol. The lowest BCUT2D eigenvalue weighted by Crippen LogP contribution is -2.10. The van der Waals surface area contributed by atoms with Crippen LogP contribution in [0.5, 0.6) is 5.88 Å². The highest BCUT2D eigenvalue weighted by molar-refractivity contribution is 6.38. The van der Waals surface area contributed by atoms with Crippen LogP contribution in [0.4, 0.5) is 13.2 Å². The van der Waals surface area contributed by atoms with Crippen molar-refractivity contribution in [1.82, 2.24) is 9.97 Å². The normalized spacial score (nSPS) is 11.7. The second-order valence-corrected chi connectivity index (χ2v) is 5.74. The van der Waals surface area contributed by atoms with Crippen molar-refractivity contribution >= 4 is 34.1 Å². The molecule has 2 heterocycles. The van der Waals surface area contributed by atoms with Gasteiger partial charge in [-0.05, 0) is 24.3 Å². The number of benzene rings is 1. The Morgan fingerprint density at radius 3 is 2.54 bits per heavy atom. The van der Waals surface area contributed by atoms with E-state index in [0.717, 1.165) is 6.07 Å². The first-order valence-corrected chi connectivity index (χ1v) is 7.50. The molecule has 8 heteroatoms. The molecular formula is C16H9Cl2F3N2O. The molecule has 3 nitrogen and oxygen atoms in total. The summed E-state index contributed by atoms with van der Waals surface area (Å²) in [7, 11) is 0. The predicted octanol–water partition coefficient (Wildman–Crippen LogP) is 5.53. The predicted molar refractivity (Wildman–Crippen MR) is 85.3 cm³/mol. The van der Waals surface area contributed by atoms with E-state index in [-0.39, 0.29) is 39.1 Å². The van der Waals surface area contributed by atoms with E-state index >= 15 is 0 Å². The third-order valence-electron chi connectivity index (χ3n) is 3.19. The number of halogens is 5. The van der Waals surface area contributed by atoms with Crippen molar-refractivity contribution < 1.29 is 17.9 Å². The number of aromatic nitrogens is 2. The van der Waals surface area contributed by atoms with Crippen LogP contribution in [-0.2, 0) is 12.8 Å². The summed E-state index contributed by atoms with van der Waals surface area (Å²) in [4.78, 5) is 8.11. The number of pyridine rings is 2. The highest BCUT2D eigenvalue weighted by atomic mass is 35.5. The molecule has 0 bridgehead atoms. The van der Waals surface area contributed by atoms with E-state index < -0.39 is 11.7 Å². The van der Waals surface area contributed by atoms with Gasteiger partial charge in [0.15, 0.2) is 0 Å². The minimum atomic E-state index is -4.58. The van der Waals surface area contributed by atoms with Crippen LogP contribution in [0.25, 0.3) is 10.9 Å². The van der Waals surface area contributed by atoms with E-state index in [1.807, 2.05) is 0 Å². The zero-order chi connectivity index (χ0) is 17.3. The van der Waals surface area contributed by atoms with Crippen molar-refractivity contribution in [2.75, 3.05) is 0 Å². The first kappa shape index (κ1) is 16.8. The second kappa shape index (κ2) is 6.45. The van der Waals surface area contributed by atoms with Gasteiger partial charge in [0.05, 0.1) is 21.8 Å². The van der Waals surface area contributed by atoms with E-state index in [2.05, 4.69) is 9.97 Å². The van der Waals surface area contributed by atoms with E-state index in [4.69, 9.17) is 27.9 Å². The Kier molecular flexibility index (Phi) is 4.51. The largest absolute Gasteiger partial charge is 0.471 e. The lowest BCUT2D eigenvalue weighted by atomic mass is 10.1. The minimum absolute atomic E-state index is 0.0574. The molecule has 0 saturated carbocycles. The Bertz CT molecular complexity index is 886. The van der Waals surface area contributed by atoms with Crippen LogP contribution >= 0.6 is 23.2 Å². The van der Waals surface area contributed by atoms with Gasteiger partial charge in [0.2, 0.25) is 5.88 Å². The van der Waals surface area contributed by atoms with Gasteiger partial charge in [-0.1, -0.05) is 29.3 Å². The van der Waals surface area contributed by atoms with Gasteiger partial charge in [-0.2, -0.15) is 13.2 Å². The molecule has 3 aromatic rings. The number of alkyl halides is 3. The molecule has 0 atom stereocenters. The van der Waals surface area contributed by atoms with Crippen LogP contribution in [0.2, 0.25) is 10.0 Å². The molecule has 0 saturated heterocycles.